The monoisotopic (exact) mass is 259 g/mol. The van der Waals surface area contributed by atoms with Crippen molar-refractivity contribution in [2.75, 3.05) is 17.7 Å². The number of halogens is 4. The predicted octanol–water partition coefficient (Wildman–Crippen LogP) is 2.84. The van der Waals surface area contributed by atoms with E-state index in [0.29, 0.717) is 23.8 Å². The van der Waals surface area contributed by atoms with E-state index in [1.54, 1.807) is 0 Å². The molecule has 86 valence electrons. The molecule has 0 aromatic carbocycles. The molecule has 0 fully saturated rings. The third kappa shape index (κ3) is 3.83. The highest BCUT2D eigenvalue weighted by molar-refractivity contribution is 7.15. The van der Waals surface area contributed by atoms with Crippen molar-refractivity contribution in [2.24, 2.45) is 5.92 Å². The molecule has 1 rings (SSSR count). The second kappa shape index (κ2) is 4.98. The van der Waals surface area contributed by atoms with Gasteiger partial charge in [0.15, 0.2) is 0 Å². The number of aromatic nitrogens is 2. The van der Waals surface area contributed by atoms with E-state index in [1.165, 1.54) is 0 Å². The molecular weight excluding hydrogens is 251 g/mol. The number of hydrogen-bond acceptors (Lipinski definition) is 4. The molecule has 1 aromatic rings. The van der Waals surface area contributed by atoms with E-state index in [-0.39, 0.29) is 11.0 Å². The Morgan fingerprint density at radius 1 is 1.47 bits per heavy atom. The van der Waals surface area contributed by atoms with Crippen LogP contribution in [0.5, 0.6) is 0 Å². The molecule has 3 nitrogen and oxygen atoms in total. The van der Waals surface area contributed by atoms with Gasteiger partial charge in [-0.3, -0.25) is 0 Å². The average Bonchev–Trinajstić information content (AvgIpc) is 2.61. The summed E-state index contributed by atoms with van der Waals surface area (Å²) in [6.45, 7) is 2.36. The summed E-state index contributed by atoms with van der Waals surface area (Å²) in [4.78, 5) is 0. The van der Waals surface area contributed by atoms with Crippen LogP contribution in [0.1, 0.15) is 11.9 Å². The Morgan fingerprint density at radius 2 is 2.13 bits per heavy atom. The van der Waals surface area contributed by atoms with Crippen LogP contribution in [0.4, 0.5) is 18.3 Å². The van der Waals surface area contributed by atoms with Gasteiger partial charge in [0, 0.05) is 12.4 Å². The van der Waals surface area contributed by atoms with Gasteiger partial charge in [-0.1, -0.05) is 18.3 Å². The lowest BCUT2D eigenvalue weighted by atomic mass is 10.2. The molecule has 0 aliphatic rings. The van der Waals surface area contributed by atoms with Gasteiger partial charge < -0.3 is 5.32 Å². The fourth-order valence-corrected chi connectivity index (χ4v) is 1.45. The van der Waals surface area contributed by atoms with Crippen LogP contribution >= 0.6 is 22.9 Å². The van der Waals surface area contributed by atoms with Crippen molar-refractivity contribution in [3.8, 4) is 0 Å². The van der Waals surface area contributed by atoms with E-state index < -0.39 is 11.2 Å². The molecule has 1 atom stereocenters. The number of nitrogens with one attached hydrogen (secondary N) is 1. The molecular formula is C7H9ClF3N3S. The first-order chi connectivity index (χ1) is 6.93. The summed E-state index contributed by atoms with van der Waals surface area (Å²) in [5.74, 6) is 0.614. The first-order valence-corrected chi connectivity index (χ1v) is 5.49. The second-order valence-corrected chi connectivity index (χ2v) is 4.34. The lowest BCUT2D eigenvalue weighted by molar-refractivity contribution is -0.138. The van der Waals surface area contributed by atoms with Crippen molar-refractivity contribution < 1.29 is 13.2 Å². The first kappa shape index (κ1) is 12.5. The maximum atomic E-state index is 12.1. The second-order valence-electron chi connectivity index (χ2n) is 3.05. The molecule has 0 bridgehead atoms. The number of alkyl halides is 4. The number of anilines is 1. The fourth-order valence-electron chi connectivity index (χ4n) is 0.725. The Morgan fingerprint density at radius 3 is 2.60 bits per heavy atom. The minimum Gasteiger partial charge on any atom is -0.360 e. The molecule has 15 heavy (non-hydrogen) atoms. The number of nitrogens with zero attached hydrogens (tertiary/aromatic N) is 2. The first-order valence-electron chi connectivity index (χ1n) is 4.14. The van der Waals surface area contributed by atoms with Gasteiger partial charge >= 0.3 is 6.18 Å². The quantitative estimate of drug-likeness (QED) is 0.845. The molecule has 0 aliphatic carbocycles. The maximum absolute atomic E-state index is 12.1. The van der Waals surface area contributed by atoms with Crippen molar-refractivity contribution in [1.29, 1.82) is 0 Å². The molecule has 0 amide bonds. The van der Waals surface area contributed by atoms with Crippen LogP contribution in [0.2, 0.25) is 0 Å². The van der Waals surface area contributed by atoms with Gasteiger partial charge in [-0.25, -0.2) is 0 Å². The minimum absolute atomic E-state index is 0.166. The largest absolute Gasteiger partial charge is 0.445 e. The summed E-state index contributed by atoms with van der Waals surface area (Å²) >= 11 is 6.03. The highest BCUT2D eigenvalue weighted by Gasteiger charge is 2.35. The Bertz CT molecular complexity index is 315. The van der Waals surface area contributed by atoms with Crippen LogP contribution in [0.3, 0.4) is 0 Å². The Kier molecular flexibility index (Phi) is 4.15. The zero-order valence-electron chi connectivity index (χ0n) is 7.81. The van der Waals surface area contributed by atoms with Gasteiger partial charge in [0.25, 0.3) is 0 Å². The van der Waals surface area contributed by atoms with E-state index >= 15 is 0 Å². The molecule has 0 radical (unpaired) electrons. The molecule has 1 heterocycles. The highest BCUT2D eigenvalue weighted by atomic mass is 35.5. The summed E-state index contributed by atoms with van der Waals surface area (Å²) in [5, 5.41) is 8.40. The Labute approximate surface area is 93.7 Å². The summed E-state index contributed by atoms with van der Waals surface area (Å²) in [5.41, 5.74) is 0. The summed E-state index contributed by atoms with van der Waals surface area (Å²) in [7, 11) is 0. The number of hydrogen-bond donors (Lipinski definition) is 1. The smallest absolute Gasteiger partial charge is 0.360 e. The Hall–Kier alpha value is -0.560. The van der Waals surface area contributed by atoms with Crippen molar-refractivity contribution >= 4 is 28.1 Å². The van der Waals surface area contributed by atoms with Crippen molar-refractivity contribution in [3.63, 3.8) is 0 Å². The lowest BCUT2D eigenvalue weighted by Gasteiger charge is -2.06. The third-order valence-corrected chi connectivity index (χ3v) is 2.99. The van der Waals surface area contributed by atoms with Gasteiger partial charge in [0.1, 0.15) is 0 Å². The molecule has 1 N–H and O–H groups in total. The van der Waals surface area contributed by atoms with E-state index in [0.717, 1.165) is 0 Å². The van der Waals surface area contributed by atoms with E-state index in [2.05, 4.69) is 15.5 Å². The van der Waals surface area contributed by atoms with Crippen LogP contribution in [0, 0.1) is 5.92 Å². The van der Waals surface area contributed by atoms with E-state index in [4.69, 9.17) is 11.6 Å². The lowest BCUT2D eigenvalue weighted by Crippen LogP contribution is -2.12. The predicted molar refractivity (Wildman–Crippen MR) is 53.3 cm³/mol. The summed E-state index contributed by atoms with van der Waals surface area (Å²) in [6, 6.07) is 0. The summed E-state index contributed by atoms with van der Waals surface area (Å²) in [6.07, 6.45) is -4.42. The molecule has 0 saturated heterocycles. The van der Waals surface area contributed by atoms with Gasteiger partial charge in [0.2, 0.25) is 10.1 Å². The minimum atomic E-state index is -4.42. The normalized spacial score (nSPS) is 13.9. The topological polar surface area (TPSA) is 37.8 Å². The van der Waals surface area contributed by atoms with E-state index in [9.17, 15) is 13.2 Å². The van der Waals surface area contributed by atoms with Crippen LogP contribution in [-0.2, 0) is 6.18 Å². The van der Waals surface area contributed by atoms with Crippen LogP contribution in [0.25, 0.3) is 0 Å². The molecule has 1 aromatic heterocycles. The van der Waals surface area contributed by atoms with Gasteiger partial charge in [0.05, 0.1) is 0 Å². The molecule has 8 heteroatoms. The van der Waals surface area contributed by atoms with Crippen molar-refractivity contribution in [2.45, 2.75) is 13.1 Å². The van der Waals surface area contributed by atoms with Crippen LogP contribution in [0.15, 0.2) is 0 Å². The zero-order chi connectivity index (χ0) is 11.5. The molecule has 0 saturated carbocycles. The summed E-state index contributed by atoms with van der Waals surface area (Å²) < 4.78 is 36.4. The van der Waals surface area contributed by atoms with E-state index in [1.807, 2.05) is 6.92 Å². The van der Waals surface area contributed by atoms with Gasteiger partial charge in [-0.05, 0) is 5.92 Å². The highest BCUT2D eigenvalue weighted by Crippen LogP contribution is 2.32. The molecule has 0 aliphatic heterocycles. The molecule has 0 spiro atoms. The average molecular weight is 260 g/mol. The van der Waals surface area contributed by atoms with Gasteiger partial charge in [-0.2, -0.15) is 13.2 Å². The standard InChI is InChI=1S/C7H9ClF3N3S/c1-4(2-8)3-12-6-14-13-5(15-6)7(9,10)11/h4H,2-3H2,1H3,(H,12,14). The van der Waals surface area contributed by atoms with Crippen molar-refractivity contribution in [1.82, 2.24) is 10.2 Å². The van der Waals surface area contributed by atoms with Gasteiger partial charge in [-0.15, -0.1) is 21.8 Å². The van der Waals surface area contributed by atoms with Crippen molar-refractivity contribution in [3.05, 3.63) is 5.01 Å². The maximum Gasteiger partial charge on any atom is 0.445 e. The zero-order valence-corrected chi connectivity index (χ0v) is 9.38. The Balaban J connectivity index is 2.54. The number of rotatable bonds is 4. The molecule has 1 unspecified atom stereocenters. The SMILES string of the molecule is CC(CCl)CNc1nnc(C(F)(F)F)s1. The third-order valence-electron chi connectivity index (χ3n) is 1.53. The van der Waals surface area contributed by atoms with Crippen LogP contribution in [-0.4, -0.2) is 22.6 Å². The van der Waals surface area contributed by atoms with Crippen LogP contribution < -0.4 is 5.32 Å². The fraction of sp³-hybridized carbons (Fsp3) is 0.714.